The lowest BCUT2D eigenvalue weighted by atomic mass is 9.99. The SMILES string of the molecule is COCCOCCS(=O)(=O)NC1CCN(S(C)(=O)=O)c2ccccc21. The minimum absolute atomic E-state index is 0.0719. The van der Waals surface area contributed by atoms with Crippen molar-refractivity contribution in [2.45, 2.75) is 12.5 Å². The zero-order valence-electron chi connectivity index (χ0n) is 14.3. The summed E-state index contributed by atoms with van der Waals surface area (Å²) in [5, 5.41) is 0. The molecule has 0 aromatic heterocycles. The molecular weight excluding hydrogens is 368 g/mol. The van der Waals surface area contributed by atoms with Crippen molar-refractivity contribution in [2.24, 2.45) is 0 Å². The molecule has 25 heavy (non-hydrogen) atoms. The Morgan fingerprint density at radius 3 is 2.56 bits per heavy atom. The molecule has 2 rings (SSSR count). The largest absolute Gasteiger partial charge is 0.382 e. The van der Waals surface area contributed by atoms with Gasteiger partial charge in [-0.3, -0.25) is 4.31 Å². The molecule has 142 valence electrons. The van der Waals surface area contributed by atoms with Crippen molar-refractivity contribution in [1.29, 1.82) is 0 Å². The van der Waals surface area contributed by atoms with Crippen molar-refractivity contribution in [3.05, 3.63) is 29.8 Å². The molecular formula is C15H24N2O6S2. The Hall–Kier alpha value is -1.20. The smallest absolute Gasteiger partial charge is 0.232 e. The van der Waals surface area contributed by atoms with E-state index < -0.39 is 26.1 Å². The third-order valence-electron chi connectivity index (χ3n) is 3.85. The average molecular weight is 392 g/mol. The van der Waals surface area contributed by atoms with Crippen LogP contribution in [0.4, 0.5) is 5.69 Å². The van der Waals surface area contributed by atoms with Crippen molar-refractivity contribution in [1.82, 2.24) is 4.72 Å². The fourth-order valence-electron chi connectivity index (χ4n) is 2.69. The molecule has 1 heterocycles. The van der Waals surface area contributed by atoms with E-state index in [0.29, 0.717) is 30.9 Å². The Balaban J connectivity index is 2.07. The van der Waals surface area contributed by atoms with E-state index in [9.17, 15) is 16.8 Å². The van der Waals surface area contributed by atoms with Gasteiger partial charge in [0.15, 0.2) is 0 Å². The summed E-state index contributed by atoms with van der Waals surface area (Å²) in [5.74, 6) is -0.162. The van der Waals surface area contributed by atoms with Crippen LogP contribution in [-0.4, -0.2) is 62.3 Å². The maximum absolute atomic E-state index is 12.3. The van der Waals surface area contributed by atoms with Gasteiger partial charge in [-0.25, -0.2) is 21.6 Å². The number of fused-ring (bicyclic) bond motifs is 1. The first kappa shape index (κ1) is 20.1. The second kappa shape index (κ2) is 8.45. The van der Waals surface area contributed by atoms with Gasteiger partial charge < -0.3 is 9.47 Å². The van der Waals surface area contributed by atoms with E-state index in [2.05, 4.69) is 4.72 Å². The molecule has 1 aliphatic rings. The van der Waals surface area contributed by atoms with Gasteiger partial charge in [-0.05, 0) is 18.1 Å². The summed E-state index contributed by atoms with van der Waals surface area (Å²) in [6.07, 6.45) is 1.51. The molecule has 0 amide bonds. The van der Waals surface area contributed by atoms with Gasteiger partial charge in [0.1, 0.15) is 0 Å². The number of nitrogens with one attached hydrogen (secondary N) is 1. The van der Waals surface area contributed by atoms with Crippen LogP contribution in [-0.2, 0) is 29.5 Å². The van der Waals surface area contributed by atoms with Crippen LogP contribution in [0.3, 0.4) is 0 Å². The summed E-state index contributed by atoms with van der Waals surface area (Å²) in [7, 11) is -5.41. The lowest BCUT2D eigenvalue weighted by molar-refractivity contribution is 0.0784. The molecule has 0 saturated heterocycles. The first-order chi connectivity index (χ1) is 11.7. The van der Waals surface area contributed by atoms with Crippen molar-refractivity contribution in [3.8, 4) is 0 Å². The molecule has 0 saturated carbocycles. The van der Waals surface area contributed by atoms with Gasteiger partial charge in [0.2, 0.25) is 20.0 Å². The molecule has 1 N–H and O–H groups in total. The second-order valence-corrected chi connectivity index (χ2v) is 9.56. The highest BCUT2D eigenvalue weighted by atomic mass is 32.2. The number of ether oxygens (including phenoxy) is 2. The molecule has 1 aliphatic heterocycles. The first-order valence-electron chi connectivity index (χ1n) is 7.88. The number of nitrogens with zero attached hydrogens (tertiary/aromatic N) is 1. The van der Waals surface area contributed by atoms with E-state index in [1.54, 1.807) is 31.4 Å². The Morgan fingerprint density at radius 2 is 1.88 bits per heavy atom. The highest BCUT2D eigenvalue weighted by Crippen LogP contribution is 2.35. The topological polar surface area (TPSA) is 102 Å². The molecule has 1 aromatic rings. The fraction of sp³-hybridized carbons (Fsp3) is 0.600. The Morgan fingerprint density at radius 1 is 1.16 bits per heavy atom. The Labute approximate surface area is 149 Å². The second-order valence-electron chi connectivity index (χ2n) is 5.78. The molecule has 0 aliphatic carbocycles. The van der Waals surface area contributed by atoms with Gasteiger partial charge in [-0.1, -0.05) is 18.2 Å². The predicted octanol–water partition coefficient (Wildman–Crippen LogP) is 0.480. The van der Waals surface area contributed by atoms with E-state index in [0.717, 1.165) is 6.26 Å². The lowest BCUT2D eigenvalue weighted by Gasteiger charge is -2.34. The minimum atomic E-state index is -3.55. The van der Waals surface area contributed by atoms with Crippen LogP contribution >= 0.6 is 0 Å². The van der Waals surface area contributed by atoms with Crippen molar-refractivity contribution >= 4 is 25.7 Å². The monoisotopic (exact) mass is 392 g/mol. The number of hydrogen-bond acceptors (Lipinski definition) is 6. The van der Waals surface area contributed by atoms with Crippen LogP contribution in [0.15, 0.2) is 24.3 Å². The third kappa shape index (κ3) is 5.65. The predicted molar refractivity (Wildman–Crippen MR) is 95.6 cm³/mol. The number of benzene rings is 1. The maximum Gasteiger partial charge on any atom is 0.232 e. The molecule has 0 spiro atoms. The summed E-state index contributed by atoms with van der Waals surface area (Å²) in [5.41, 5.74) is 1.17. The number of anilines is 1. The summed E-state index contributed by atoms with van der Waals surface area (Å²) in [4.78, 5) is 0. The number of rotatable bonds is 9. The van der Waals surface area contributed by atoms with Crippen LogP contribution in [0.5, 0.6) is 0 Å². The van der Waals surface area contributed by atoms with Crippen molar-refractivity contribution in [3.63, 3.8) is 0 Å². The van der Waals surface area contributed by atoms with E-state index in [1.165, 1.54) is 4.31 Å². The highest BCUT2D eigenvalue weighted by molar-refractivity contribution is 7.92. The average Bonchev–Trinajstić information content (AvgIpc) is 2.53. The van der Waals surface area contributed by atoms with Gasteiger partial charge in [0.25, 0.3) is 0 Å². The normalized spacial score (nSPS) is 18.2. The van der Waals surface area contributed by atoms with Gasteiger partial charge in [-0.2, -0.15) is 0 Å². The molecule has 10 heteroatoms. The number of sulfonamides is 2. The van der Waals surface area contributed by atoms with Gasteiger partial charge in [-0.15, -0.1) is 0 Å². The Bertz CT molecular complexity index is 779. The molecule has 1 aromatic carbocycles. The summed E-state index contributed by atoms with van der Waals surface area (Å²) in [6.45, 7) is 1.04. The zero-order chi connectivity index (χ0) is 18.5. The standard InChI is InChI=1S/C15H24N2O6S2/c1-22-9-10-23-11-12-25(20,21)16-14-7-8-17(24(2,18)19)15-6-4-3-5-13(14)15/h3-6,14,16H,7-12H2,1-2H3. The zero-order valence-corrected chi connectivity index (χ0v) is 16.0. The molecule has 0 bridgehead atoms. The molecule has 0 radical (unpaired) electrons. The van der Waals surface area contributed by atoms with Crippen LogP contribution in [0.1, 0.15) is 18.0 Å². The van der Waals surface area contributed by atoms with Crippen LogP contribution in [0.25, 0.3) is 0 Å². The molecule has 1 atom stereocenters. The van der Waals surface area contributed by atoms with Crippen LogP contribution in [0.2, 0.25) is 0 Å². The third-order valence-corrected chi connectivity index (χ3v) is 6.38. The summed E-state index contributed by atoms with van der Waals surface area (Å²) in [6, 6.07) is 6.47. The highest BCUT2D eigenvalue weighted by Gasteiger charge is 2.31. The summed E-state index contributed by atoms with van der Waals surface area (Å²) >= 11 is 0. The Kier molecular flexibility index (Phi) is 6.80. The first-order valence-corrected chi connectivity index (χ1v) is 11.4. The van der Waals surface area contributed by atoms with E-state index >= 15 is 0 Å². The molecule has 0 fully saturated rings. The fourth-order valence-corrected chi connectivity index (χ4v) is 4.78. The number of methoxy groups -OCH3 is 1. The van der Waals surface area contributed by atoms with Crippen LogP contribution < -0.4 is 9.03 Å². The lowest BCUT2D eigenvalue weighted by Crippen LogP contribution is -2.41. The van der Waals surface area contributed by atoms with E-state index in [4.69, 9.17) is 9.47 Å². The van der Waals surface area contributed by atoms with Gasteiger partial charge in [0.05, 0.1) is 43.6 Å². The minimum Gasteiger partial charge on any atom is -0.382 e. The molecule has 1 unspecified atom stereocenters. The van der Waals surface area contributed by atoms with Gasteiger partial charge >= 0.3 is 0 Å². The van der Waals surface area contributed by atoms with Crippen molar-refractivity contribution in [2.75, 3.05) is 49.8 Å². The van der Waals surface area contributed by atoms with E-state index in [-0.39, 0.29) is 18.9 Å². The number of hydrogen-bond donors (Lipinski definition) is 1. The molecule has 8 nitrogen and oxygen atoms in total. The number of para-hydroxylation sites is 1. The summed E-state index contributed by atoms with van der Waals surface area (Å²) < 4.78 is 62.4. The van der Waals surface area contributed by atoms with Crippen molar-refractivity contribution < 1.29 is 26.3 Å². The van der Waals surface area contributed by atoms with E-state index in [1.807, 2.05) is 0 Å². The quantitative estimate of drug-likeness (QED) is 0.613. The van der Waals surface area contributed by atoms with Crippen LogP contribution in [0, 0.1) is 0 Å². The van der Waals surface area contributed by atoms with Gasteiger partial charge in [0, 0.05) is 13.7 Å². The maximum atomic E-state index is 12.3.